The van der Waals surface area contributed by atoms with E-state index >= 15 is 0 Å². The minimum atomic E-state index is -2.36. The number of ether oxygens (including phenoxy) is 3. The first-order chi connectivity index (χ1) is 20.3. The first-order valence-corrected chi connectivity index (χ1v) is 13.0. The minimum absolute atomic E-state index is 0.106. The monoisotopic (exact) mass is 575 g/mol. The zero-order valence-corrected chi connectivity index (χ0v) is 22.4. The van der Waals surface area contributed by atoms with Gasteiger partial charge in [-0.3, -0.25) is 9.30 Å². The van der Waals surface area contributed by atoms with Gasteiger partial charge in [0.05, 0.1) is 30.9 Å². The van der Waals surface area contributed by atoms with Gasteiger partial charge in [-0.15, -0.1) is 0 Å². The molecule has 0 aliphatic carbocycles. The van der Waals surface area contributed by atoms with Crippen LogP contribution < -0.4 is 15.0 Å². The van der Waals surface area contributed by atoms with Gasteiger partial charge in [0.1, 0.15) is 23.6 Å². The number of nitrogens with zero attached hydrogens (tertiary/aromatic N) is 6. The summed E-state index contributed by atoms with van der Waals surface area (Å²) in [7, 11) is 1.54. The summed E-state index contributed by atoms with van der Waals surface area (Å²) in [6, 6.07) is 11.1. The molecule has 2 N–H and O–H groups in total. The van der Waals surface area contributed by atoms with Crippen molar-refractivity contribution in [2.75, 3.05) is 50.1 Å². The summed E-state index contributed by atoms with van der Waals surface area (Å²) < 4.78 is 31.9. The first kappa shape index (κ1) is 27.1. The van der Waals surface area contributed by atoms with Crippen molar-refractivity contribution >= 4 is 34.9 Å². The predicted octanol–water partition coefficient (Wildman–Crippen LogP) is 2.11. The summed E-state index contributed by atoms with van der Waals surface area (Å²) in [6.07, 6.45) is 6.28. The van der Waals surface area contributed by atoms with Crippen LogP contribution in [0.15, 0.2) is 67.1 Å². The minimum Gasteiger partial charge on any atom is -0.494 e. The number of pyridine rings is 1. The Morgan fingerprint density at radius 3 is 2.55 bits per heavy atom. The Morgan fingerprint density at radius 1 is 1.05 bits per heavy atom. The number of β-amino-alcohol motifs (C(OH)–C–C–N with tert-alkyl or cyclic N) is 1. The number of imidazole rings is 1. The largest absolute Gasteiger partial charge is 0.494 e. The Hall–Kier alpha value is -5.08. The molecule has 0 spiro atoms. The van der Waals surface area contributed by atoms with Gasteiger partial charge in [-0.1, -0.05) is 6.07 Å². The second-order valence-electron chi connectivity index (χ2n) is 9.62. The molecule has 0 amide bonds. The van der Waals surface area contributed by atoms with Crippen LogP contribution in [0.3, 0.4) is 0 Å². The van der Waals surface area contributed by atoms with Gasteiger partial charge in [-0.2, -0.15) is 0 Å². The van der Waals surface area contributed by atoms with Gasteiger partial charge >= 0.3 is 17.9 Å². The second kappa shape index (κ2) is 11.1. The van der Waals surface area contributed by atoms with Crippen molar-refractivity contribution in [2.45, 2.75) is 5.97 Å². The summed E-state index contributed by atoms with van der Waals surface area (Å²) in [6.45, 7) is 1.98. The molecule has 42 heavy (non-hydrogen) atoms. The topological polar surface area (TPSA) is 144 Å². The zero-order chi connectivity index (χ0) is 29.3. The maximum atomic E-state index is 14.7. The highest BCUT2D eigenvalue weighted by atomic mass is 19.1. The Labute approximate surface area is 238 Å². The molecule has 1 fully saturated rings. The van der Waals surface area contributed by atoms with Crippen molar-refractivity contribution in [3.63, 3.8) is 0 Å². The number of carbonyl (C=O) groups is 2. The Balaban J connectivity index is 1.14. The molecule has 6 rings (SSSR count). The lowest BCUT2D eigenvalue weighted by Gasteiger charge is -2.38. The number of cyclic esters (lactones) is 2. The number of aliphatic hydroxyl groups is 1. The number of esters is 2. The van der Waals surface area contributed by atoms with Gasteiger partial charge in [0.25, 0.3) is 0 Å². The number of hydrogen-bond donors (Lipinski definition) is 2. The number of hydrogen-bond acceptors (Lipinski definition) is 12. The lowest BCUT2D eigenvalue weighted by atomic mass is 10.2. The number of aromatic nitrogens is 4. The fourth-order valence-corrected chi connectivity index (χ4v) is 4.87. The Morgan fingerprint density at radius 2 is 1.81 bits per heavy atom. The van der Waals surface area contributed by atoms with Crippen LogP contribution in [0.1, 0.15) is 0 Å². The van der Waals surface area contributed by atoms with Crippen LogP contribution in [0.4, 0.5) is 21.7 Å². The smallest absolute Gasteiger partial charge is 0.387 e. The van der Waals surface area contributed by atoms with Crippen molar-refractivity contribution < 1.29 is 33.3 Å². The van der Waals surface area contributed by atoms with E-state index in [1.54, 1.807) is 23.9 Å². The average Bonchev–Trinajstić information content (AvgIpc) is 3.36. The van der Waals surface area contributed by atoms with Crippen LogP contribution in [-0.4, -0.2) is 87.1 Å². The number of methoxy groups -OCH3 is 1. The Bertz CT molecular complexity index is 1660. The average molecular weight is 576 g/mol. The third kappa shape index (κ3) is 5.57. The molecule has 3 aromatic heterocycles. The van der Waals surface area contributed by atoms with Gasteiger partial charge in [-0.25, -0.2) is 28.9 Å². The van der Waals surface area contributed by atoms with E-state index < -0.39 is 23.7 Å². The van der Waals surface area contributed by atoms with E-state index in [0.717, 1.165) is 24.0 Å². The van der Waals surface area contributed by atoms with Crippen LogP contribution in [0.2, 0.25) is 0 Å². The number of halogens is 1. The van der Waals surface area contributed by atoms with Gasteiger partial charge in [0, 0.05) is 56.3 Å². The molecule has 0 radical (unpaired) electrons. The Kier molecular flexibility index (Phi) is 7.14. The van der Waals surface area contributed by atoms with Crippen molar-refractivity contribution in [3.05, 3.63) is 73.0 Å². The highest BCUT2D eigenvalue weighted by Crippen LogP contribution is 2.33. The highest BCUT2D eigenvalue weighted by Gasteiger charge is 2.40. The summed E-state index contributed by atoms with van der Waals surface area (Å²) >= 11 is 0. The molecular weight excluding hydrogens is 549 g/mol. The fraction of sp³-hybridized carbons (Fsp3) is 0.250. The zero-order valence-electron chi connectivity index (χ0n) is 22.4. The number of anilines is 3. The molecule has 14 heteroatoms. The molecular formula is C28H26FN7O6. The van der Waals surface area contributed by atoms with E-state index in [2.05, 4.69) is 25.2 Å². The summed E-state index contributed by atoms with van der Waals surface area (Å²) in [5.41, 5.74) is 2.74. The van der Waals surface area contributed by atoms with Crippen LogP contribution in [0.25, 0.3) is 17.0 Å². The molecule has 0 saturated carbocycles. The molecule has 2 aliphatic heterocycles. The number of fused-ring (bicyclic) bond motifs is 1. The molecule has 1 aromatic carbocycles. The van der Waals surface area contributed by atoms with Crippen molar-refractivity contribution in [1.82, 2.24) is 24.3 Å². The van der Waals surface area contributed by atoms with Crippen LogP contribution in [0, 0.1) is 5.82 Å². The maximum Gasteiger partial charge on any atom is 0.387 e. The molecule has 216 valence electrons. The summed E-state index contributed by atoms with van der Waals surface area (Å²) in [4.78, 5) is 40.2. The van der Waals surface area contributed by atoms with E-state index in [0.29, 0.717) is 49.0 Å². The molecule has 13 nitrogen and oxygen atoms in total. The third-order valence-corrected chi connectivity index (χ3v) is 6.87. The number of rotatable bonds is 7. The number of carbonyl (C=O) groups excluding carboxylic acids is 2. The molecule has 0 atom stereocenters. The van der Waals surface area contributed by atoms with Gasteiger partial charge in [0.15, 0.2) is 5.82 Å². The number of piperazine rings is 1. The van der Waals surface area contributed by atoms with Crippen LogP contribution >= 0.6 is 0 Å². The predicted molar refractivity (Wildman–Crippen MR) is 147 cm³/mol. The molecule has 2 aliphatic rings. The summed E-state index contributed by atoms with van der Waals surface area (Å²) in [5, 5.41) is 13.7. The SMILES string of the molecule is COc1cc(N2CCN(CC3(O)OC(=O)C=CC(=O)O3)CC2)ccc1Nc1ncc(F)c(-c2cnc3ccccn23)n1. The van der Waals surface area contributed by atoms with Gasteiger partial charge < -0.3 is 29.5 Å². The van der Waals surface area contributed by atoms with Gasteiger partial charge in [0.2, 0.25) is 5.95 Å². The van der Waals surface area contributed by atoms with Crippen LogP contribution in [0.5, 0.6) is 5.75 Å². The van der Waals surface area contributed by atoms with E-state index in [1.807, 2.05) is 41.3 Å². The molecule has 4 aromatic rings. The third-order valence-electron chi connectivity index (χ3n) is 6.87. The van der Waals surface area contributed by atoms with Gasteiger partial charge in [-0.05, 0) is 24.3 Å². The fourth-order valence-electron chi connectivity index (χ4n) is 4.87. The quantitative estimate of drug-likeness (QED) is 0.312. The molecule has 1 saturated heterocycles. The van der Waals surface area contributed by atoms with E-state index in [4.69, 9.17) is 14.2 Å². The van der Waals surface area contributed by atoms with Crippen LogP contribution in [-0.2, 0) is 19.1 Å². The molecule has 0 unspecified atom stereocenters. The lowest BCUT2D eigenvalue weighted by molar-refractivity contribution is -0.324. The highest BCUT2D eigenvalue weighted by molar-refractivity contribution is 5.93. The normalized spacial score (nSPS) is 17.1. The standard InChI is InChI=1S/C28H26FN7O6/c1-40-22-14-18(35-12-10-34(11-13-35)17-28(39)41-24(37)7-8-25(38)42-28)5-6-20(22)32-27-31-15-19(29)26(33-27)21-16-30-23-4-2-3-9-36(21)23/h2-9,14-16,39H,10-13,17H2,1H3,(H,31,32,33). The van der Waals surface area contributed by atoms with Crippen molar-refractivity contribution in [1.29, 1.82) is 0 Å². The second-order valence-corrected chi connectivity index (χ2v) is 9.62. The van der Waals surface area contributed by atoms with Crippen molar-refractivity contribution in [3.8, 4) is 17.1 Å². The summed E-state index contributed by atoms with van der Waals surface area (Å²) in [5.74, 6) is -3.94. The first-order valence-electron chi connectivity index (χ1n) is 13.0. The number of benzene rings is 1. The van der Waals surface area contributed by atoms with E-state index in [9.17, 15) is 19.1 Å². The molecule has 5 heterocycles. The lowest BCUT2D eigenvalue weighted by Crippen LogP contribution is -2.54. The van der Waals surface area contributed by atoms with Crippen molar-refractivity contribution in [2.24, 2.45) is 0 Å². The van der Waals surface area contributed by atoms with E-state index in [1.165, 1.54) is 0 Å². The maximum absolute atomic E-state index is 14.7. The molecule has 0 bridgehead atoms. The van der Waals surface area contributed by atoms with E-state index in [-0.39, 0.29) is 18.2 Å². The number of nitrogens with one attached hydrogen (secondary N) is 1.